The minimum Gasteiger partial charge on any atom is -0.382 e. The lowest BCUT2D eigenvalue weighted by molar-refractivity contribution is -0.0625. The lowest BCUT2D eigenvalue weighted by atomic mass is 10.2. The summed E-state index contributed by atoms with van der Waals surface area (Å²) >= 11 is 0. The van der Waals surface area contributed by atoms with Gasteiger partial charge in [0.15, 0.2) is 23.2 Å². The normalized spacial score (nSPS) is 25.0. The van der Waals surface area contributed by atoms with Gasteiger partial charge in [0.05, 0.1) is 19.0 Å². The van der Waals surface area contributed by atoms with E-state index in [-0.39, 0.29) is 18.4 Å². The third kappa shape index (κ3) is 2.53. The van der Waals surface area contributed by atoms with Crippen molar-refractivity contribution in [1.82, 2.24) is 19.5 Å². The van der Waals surface area contributed by atoms with Crippen LogP contribution in [-0.4, -0.2) is 66.6 Å². The molecule has 0 aliphatic carbocycles. The second kappa shape index (κ2) is 6.15. The number of fused-ring (bicyclic) bond motifs is 1. The lowest BCUT2D eigenvalue weighted by Crippen LogP contribution is -2.21. The van der Waals surface area contributed by atoms with Crippen LogP contribution in [0.1, 0.15) is 12.6 Å². The number of ether oxygens (including phenoxy) is 3. The van der Waals surface area contributed by atoms with Crippen LogP contribution < -0.4 is 4.90 Å². The zero-order chi connectivity index (χ0) is 15.7. The highest BCUT2D eigenvalue weighted by Crippen LogP contribution is 2.33. The number of imidazole rings is 1. The van der Waals surface area contributed by atoms with E-state index in [1.807, 2.05) is 23.6 Å². The fraction of sp³-hybridized carbons (Fsp3) is 0.643. The van der Waals surface area contributed by atoms with Crippen molar-refractivity contribution >= 4 is 17.0 Å². The van der Waals surface area contributed by atoms with Gasteiger partial charge in [0.25, 0.3) is 0 Å². The summed E-state index contributed by atoms with van der Waals surface area (Å²) in [4.78, 5) is 15.0. The fourth-order valence-electron chi connectivity index (χ4n) is 2.82. The summed E-state index contributed by atoms with van der Waals surface area (Å²) in [5, 5.41) is 0. The summed E-state index contributed by atoms with van der Waals surface area (Å²) in [6.07, 6.45) is 3.74. The summed E-state index contributed by atoms with van der Waals surface area (Å²) in [5.41, 5.74) is 1.49. The molecule has 0 N–H and O–H groups in total. The molecule has 8 nitrogen and oxygen atoms in total. The maximum absolute atomic E-state index is 6.06. The predicted molar refractivity (Wildman–Crippen MR) is 80.9 cm³/mol. The molecule has 3 heterocycles. The highest BCUT2D eigenvalue weighted by atomic mass is 16.6. The summed E-state index contributed by atoms with van der Waals surface area (Å²) in [6.45, 7) is 0.543. The maximum Gasteiger partial charge on any atom is 0.167 e. The molecular weight excluding hydrogens is 286 g/mol. The highest BCUT2D eigenvalue weighted by Gasteiger charge is 2.37. The van der Waals surface area contributed by atoms with Crippen molar-refractivity contribution in [3.05, 3.63) is 12.7 Å². The number of aromatic nitrogens is 4. The Balaban J connectivity index is 1.98. The third-order valence-electron chi connectivity index (χ3n) is 3.84. The molecule has 1 aliphatic rings. The largest absolute Gasteiger partial charge is 0.382 e. The molecule has 0 amide bonds. The van der Waals surface area contributed by atoms with Crippen LogP contribution in [0.2, 0.25) is 0 Å². The summed E-state index contributed by atoms with van der Waals surface area (Å²) in [6, 6.07) is 0. The van der Waals surface area contributed by atoms with Crippen molar-refractivity contribution in [3.63, 3.8) is 0 Å². The maximum atomic E-state index is 6.06. The van der Waals surface area contributed by atoms with E-state index < -0.39 is 0 Å². The van der Waals surface area contributed by atoms with Gasteiger partial charge < -0.3 is 19.1 Å². The molecular formula is C14H21N5O3. The molecule has 8 heteroatoms. The van der Waals surface area contributed by atoms with Gasteiger partial charge in [0, 0.05) is 34.7 Å². The van der Waals surface area contributed by atoms with Crippen LogP contribution in [0.3, 0.4) is 0 Å². The van der Waals surface area contributed by atoms with Gasteiger partial charge in [0.1, 0.15) is 12.4 Å². The number of nitrogens with zero attached hydrogens (tertiary/aromatic N) is 5. The molecule has 22 heavy (non-hydrogen) atoms. The quantitative estimate of drug-likeness (QED) is 0.810. The molecule has 1 fully saturated rings. The topological polar surface area (TPSA) is 74.5 Å². The first-order valence-electron chi connectivity index (χ1n) is 7.17. The van der Waals surface area contributed by atoms with E-state index in [2.05, 4.69) is 15.0 Å². The predicted octanol–water partition coefficient (Wildman–Crippen LogP) is 0.841. The van der Waals surface area contributed by atoms with E-state index >= 15 is 0 Å². The van der Waals surface area contributed by atoms with E-state index in [4.69, 9.17) is 14.2 Å². The molecule has 0 aromatic carbocycles. The summed E-state index contributed by atoms with van der Waals surface area (Å²) < 4.78 is 18.7. The SMILES string of the molecule is COC[C@@H]1C[C@@H](OC)[C@H](n2cnc3c(N(C)C)ncnc32)O1. The van der Waals surface area contributed by atoms with Gasteiger partial charge in [-0.1, -0.05) is 0 Å². The van der Waals surface area contributed by atoms with Crippen molar-refractivity contribution in [1.29, 1.82) is 0 Å². The zero-order valence-corrected chi connectivity index (χ0v) is 13.3. The third-order valence-corrected chi connectivity index (χ3v) is 3.84. The first-order chi connectivity index (χ1) is 10.7. The van der Waals surface area contributed by atoms with Crippen LogP contribution >= 0.6 is 0 Å². The number of anilines is 1. The second-order valence-corrected chi connectivity index (χ2v) is 5.53. The van der Waals surface area contributed by atoms with E-state index in [0.717, 1.165) is 23.4 Å². The number of hydrogen-bond donors (Lipinski definition) is 0. The van der Waals surface area contributed by atoms with E-state index in [1.54, 1.807) is 26.9 Å². The van der Waals surface area contributed by atoms with Crippen molar-refractivity contribution in [2.75, 3.05) is 39.8 Å². The van der Waals surface area contributed by atoms with Crippen LogP contribution in [-0.2, 0) is 14.2 Å². The van der Waals surface area contributed by atoms with Gasteiger partial charge in [-0.2, -0.15) is 0 Å². The van der Waals surface area contributed by atoms with Gasteiger partial charge in [-0.3, -0.25) is 4.57 Å². The molecule has 2 aromatic rings. The standard InChI is InChI=1S/C14H21N5O3/c1-18(2)12-11-13(16-7-15-12)19(8-17-11)14-10(21-4)5-9(22-14)6-20-3/h7-10,14H,5-6H2,1-4H3/t9-,10+,14+/m0/s1. The molecule has 120 valence electrons. The average molecular weight is 307 g/mol. The van der Waals surface area contributed by atoms with Crippen molar-refractivity contribution in [2.45, 2.75) is 24.9 Å². The second-order valence-electron chi connectivity index (χ2n) is 5.53. The number of hydrogen-bond acceptors (Lipinski definition) is 7. The van der Waals surface area contributed by atoms with Gasteiger partial charge in [0.2, 0.25) is 0 Å². The molecule has 3 atom stereocenters. The van der Waals surface area contributed by atoms with Gasteiger partial charge in [-0.15, -0.1) is 0 Å². The molecule has 0 spiro atoms. The lowest BCUT2D eigenvalue weighted by Gasteiger charge is -2.19. The number of rotatable bonds is 5. The Kier molecular flexibility index (Phi) is 4.23. The smallest absolute Gasteiger partial charge is 0.167 e. The van der Waals surface area contributed by atoms with E-state index in [1.165, 1.54) is 0 Å². The van der Waals surface area contributed by atoms with Crippen molar-refractivity contribution < 1.29 is 14.2 Å². The van der Waals surface area contributed by atoms with E-state index in [9.17, 15) is 0 Å². The first-order valence-corrected chi connectivity index (χ1v) is 7.17. The average Bonchev–Trinajstić information content (AvgIpc) is 3.10. The monoisotopic (exact) mass is 307 g/mol. The summed E-state index contributed by atoms with van der Waals surface area (Å²) in [7, 11) is 7.22. The van der Waals surface area contributed by atoms with Gasteiger partial charge in [-0.05, 0) is 0 Å². The van der Waals surface area contributed by atoms with Crippen LogP contribution in [0.4, 0.5) is 5.82 Å². The first kappa shape index (κ1) is 15.1. The Morgan fingerprint density at radius 2 is 2.14 bits per heavy atom. The van der Waals surface area contributed by atoms with Crippen molar-refractivity contribution in [3.8, 4) is 0 Å². The number of methoxy groups -OCH3 is 2. The molecule has 0 bridgehead atoms. The molecule has 1 aliphatic heterocycles. The van der Waals surface area contributed by atoms with Crippen LogP contribution in [0, 0.1) is 0 Å². The Hall–Kier alpha value is -1.77. The fourth-order valence-corrected chi connectivity index (χ4v) is 2.82. The molecule has 0 unspecified atom stereocenters. The minimum absolute atomic E-state index is 0.00700. The Labute approximate surface area is 129 Å². The molecule has 1 saturated heterocycles. The molecule has 3 rings (SSSR count). The minimum atomic E-state index is -0.264. The zero-order valence-electron chi connectivity index (χ0n) is 13.3. The van der Waals surface area contributed by atoms with E-state index in [0.29, 0.717) is 6.61 Å². The van der Waals surface area contributed by atoms with Crippen LogP contribution in [0.15, 0.2) is 12.7 Å². The Morgan fingerprint density at radius 3 is 2.82 bits per heavy atom. The van der Waals surface area contributed by atoms with Gasteiger partial charge >= 0.3 is 0 Å². The molecule has 0 radical (unpaired) electrons. The molecule has 0 saturated carbocycles. The highest BCUT2D eigenvalue weighted by molar-refractivity contribution is 5.83. The molecule has 2 aromatic heterocycles. The Morgan fingerprint density at radius 1 is 1.32 bits per heavy atom. The van der Waals surface area contributed by atoms with Crippen LogP contribution in [0.25, 0.3) is 11.2 Å². The van der Waals surface area contributed by atoms with Crippen LogP contribution in [0.5, 0.6) is 0 Å². The van der Waals surface area contributed by atoms with Crippen molar-refractivity contribution in [2.24, 2.45) is 0 Å². The Bertz CT molecular complexity index is 644. The van der Waals surface area contributed by atoms with Gasteiger partial charge in [-0.25, -0.2) is 15.0 Å². The summed E-state index contributed by atoms with van der Waals surface area (Å²) in [5.74, 6) is 0.782.